The van der Waals surface area contributed by atoms with Crippen molar-refractivity contribution in [3.63, 3.8) is 0 Å². The molecule has 0 aromatic carbocycles. The van der Waals surface area contributed by atoms with Crippen LogP contribution in [-0.4, -0.2) is 0 Å². The van der Waals surface area contributed by atoms with Crippen molar-refractivity contribution >= 4 is 0 Å². The van der Waals surface area contributed by atoms with Gasteiger partial charge in [-0.15, -0.1) is 0 Å². The van der Waals surface area contributed by atoms with Crippen molar-refractivity contribution in [2.45, 2.75) is 90.4 Å². The Morgan fingerprint density at radius 2 is 1.30 bits per heavy atom. The lowest BCUT2D eigenvalue weighted by molar-refractivity contribution is 0.140. The Kier molecular flexibility index (Phi) is 6.91. The zero-order valence-corrected chi connectivity index (χ0v) is 13.4. The summed E-state index contributed by atoms with van der Waals surface area (Å²) in [6.45, 7) is 2.33. The molecule has 20 heavy (non-hydrogen) atoms. The number of hydrogen-bond donors (Lipinski definition) is 0. The van der Waals surface area contributed by atoms with Gasteiger partial charge in [-0.25, -0.2) is 0 Å². The molecule has 114 valence electrons. The minimum absolute atomic E-state index is 0.765. The van der Waals surface area contributed by atoms with E-state index in [0.29, 0.717) is 0 Å². The van der Waals surface area contributed by atoms with Gasteiger partial charge in [0.05, 0.1) is 6.07 Å². The molecule has 0 saturated heterocycles. The summed E-state index contributed by atoms with van der Waals surface area (Å²) < 4.78 is 0. The van der Waals surface area contributed by atoms with Gasteiger partial charge in [0.1, 0.15) is 0 Å². The van der Waals surface area contributed by atoms with Crippen molar-refractivity contribution in [1.82, 2.24) is 0 Å². The summed E-state index contributed by atoms with van der Waals surface area (Å²) in [4.78, 5) is 0. The monoisotopic (exact) mass is 275 g/mol. The van der Waals surface area contributed by atoms with Crippen molar-refractivity contribution in [2.24, 2.45) is 23.7 Å². The SMILES string of the molecule is CCCC1CCC(C2CCC(CCCC#N)CC2)CC1. The lowest BCUT2D eigenvalue weighted by Crippen LogP contribution is -2.25. The molecule has 1 heteroatoms. The Labute approximate surface area is 126 Å². The molecule has 2 rings (SSSR count). The van der Waals surface area contributed by atoms with Gasteiger partial charge in [-0.2, -0.15) is 5.26 Å². The van der Waals surface area contributed by atoms with Crippen LogP contribution in [0.1, 0.15) is 90.4 Å². The smallest absolute Gasteiger partial charge is 0.0621 e. The van der Waals surface area contributed by atoms with Gasteiger partial charge in [-0.3, -0.25) is 0 Å². The minimum atomic E-state index is 0.765. The molecule has 2 aliphatic carbocycles. The third-order valence-electron chi connectivity index (χ3n) is 6.05. The maximum absolute atomic E-state index is 8.62. The fourth-order valence-electron chi connectivity index (χ4n) is 4.77. The van der Waals surface area contributed by atoms with E-state index in [1.54, 1.807) is 0 Å². The van der Waals surface area contributed by atoms with Gasteiger partial charge < -0.3 is 0 Å². The number of hydrogen-bond acceptors (Lipinski definition) is 1. The molecule has 2 fully saturated rings. The first-order valence-corrected chi connectivity index (χ1v) is 9.20. The van der Waals surface area contributed by atoms with E-state index in [1.807, 2.05) is 0 Å². The average molecular weight is 275 g/mol. The first-order chi connectivity index (χ1) is 9.83. The summed E-state index contributed by atoms with van der Waals surface area (Å²) in [7, 11) is 0. The second kappa shape index (κ2) is 8.71. The van der Waals surface area contributed by atoms with Crippen molar-refractivity contribution in [3.05, 3.63) is 0 Å². The maximum Gasteiger partial charge on any atom is 0.0621 e. The van der Waals surface area contributed by atoms with Crippen LogP contribution < -0.4 is 0 Å². The number of unbranched alkanes of at least 4 members (excludes halogenated alkanes) is 1. The Morgan fingerprint density at radius 1 is 0.800 bits per heavy atom. The second-order valence-corrected chi connectivity index (χ2v) is 7.40. The first-order valence-electron chi connectivity index (χ1n) is 9.20. The predicted molar refractivity (Wildman–Crippen MR) is 85.3 cm³/mol. The van der Waals surface area contributed by atoms with E-state index in [9.17, 15) is 0 Å². The molecule has 0 aliphatic heterocycles. The van der Waals surface area contributed by atoms with Crippen molar-refractivity contribution < 1.29 is 0 Å². The Bertz CT molecular complexity index is 287. The lowest BCUT2D eigenvalue weighted by Gasteiger charge is -2.38. The van der Waals surface area contributed by atoms with Crippen LogP contribution in [0.15, 0.2) is 0 Å². The van der Waals surface area contributed by atoms with E-state index < -0.39 is 0 Å². The molecule has 2 aliphatic rings. The molecule has 2 saturated carbocycles. The molecule has 0 bridgehead atoms. The van der Waals surface area contributed by atoms with Crippen LogP contribution in [0.3, 0.4) is 0 Å². The molecule has 1 nitrogen and oxygen atoms in total. The van der Waals surface area contributed by atoms with E-state index in [-0.39, 0.29) is 0 Å². The van der Waals surface area contributed by atoms with Gasteiger partial charge >= 0.3 is 0 Å². The lowest BCUT2D eigenvalue weighted by atomic mass is 9.68. The Balaban J connectivity index is 1.63. The quantitative estimate of drug-likeness (QED) is 0.538. The standard InChI is InChI=1S/C19H33N/c1-2-5-16-7-11-18(12-8-16)19-13-9-17(10-14-19)6-3-4-15-20/h16-19H,2-14H2,1H3. The number of rotatable bonds is 6. The second-order valence-electron chi connectivity index (χ2n) is 7.40. The average Bonchev–Trinajstić information content (AvgIpc) is 2.49. The molecule has 0 aromatic rings. The molecule has 0 spiro atoms. The molecule has 0 aromatic heterocycles. The third kappa shape index (κ3) is 4.80. The van der Waals surface area contributed by atoms with Gasteiger partial charge in [-0.05, 0) is 62.2 Å². The summed E-state index contributed by atoms with van der Waals surface area (Å²) >= 11 is 0. The summed E-state index contributed by atoms with van der Waals surface area (Å²) in [6, 6.07) is 2.28. The Hall–Kier alpha value is -0.510. The van der Waals surface area contributed by atoms with Gasteiger partial charge in [0.15, 0.2) is 0 Å². The number of nitrogens with zero attached hydrogens (tertiary/aromatic N) is 1. The van der Waals surface area contributed by atoms with Gasteiger partial charge in [0, 0.05) is 6.42 Å². The highest BCUT2D eigenvalue weighted by molar-refractivity contribution is 4.82. The van der Waals surface area contributed by atoms with Gasteiger partial charge in [-0.1, -0.05) is 45.4 Å². The summed E-state index contributed by atoms with van der Waals surface area (Å²) in [6.07, 6.45) is 18.0. The van der Waals surface area contributed by atoms with Crippen LogP contribution in [0.5, 0.6) is 0 Å². The van der Waals surface area contributed by atoms with E-state index >= 15 is 0 Å². The normalized spacial score (nSPS) is 34.6. The van der Waals surface area contributed by atoms with Crippen LogP contribution in [0.2, 0.25) is 0 Å². The fourth-order valence-corrected chi connectivity index (χ4v) is 4.77. The maximum atomic E-state index is 8.62. The van der Waals surface area contributed by atoms with E-state index in [2.05, 4.69) is 13.0 Å². The molecule has 0 amide bonds. The summed E-state index contributed by atoms with van der Waals surface area (Å²) in [5.41, 5.74) is 0. The molecule has 0 heterocycles. The molecule has 0 radical (unpaired) electrons. The first kappa shape index (κ1) is 15.9. The van der Waals surface area contributed by atoms with Crippen molar-refractivity contribution in [1.29, 1.82) is 5.26 Å². The van der Waals surface area contributed by atoms with Crippen LogP contribution in [0.25, 0.3) is 0 Å². The van der Waals surface area contributed by atoms with Crippen LogP contribution >= 0.6 is 0 Å². The highest BCUT2D eigenvalue weighted by atomic mass is 14.4. The fraction of sp³-hybridized carbons (Fsp3) is 0.947. The van der Waals surface area contributed by atoms with Crippen molar-refractivity contribution in [3.8, 4) is 6.07 Å². The van der Waals surface area contributed by atoms with E-state index in [0.717, 1.165) is 36.5 Å². The third-order valence-corrected chi connectivity index (χ3v) is 6.05. The van der Waals surface area contributed by atoms with Crippen LogP contribution in [0, 0.1) is 35.0 Å². The highest BCUT2D eigenvalue weighted by Crippen LogP contribution is 2.42. The number of nitriles is 1. The Morgan fingerprint density at radius 3 is 1.75 bits per heavy atom. The zero-order valence-electron chi connectivity index (χ0n) is 13.4. The topological polar surface area (TPSA) is 23.8 Å². The van der Waals surface area contributed by atoms with E-state index in [1.165, 1.54) is 70.6 Å². The predicted octanol–water partition coefficient (Wildman–Crippen LogP) is 6.09. The molecular formula is C19H33N. The molecule has 0 N–H and O–H groups in total. The molecule has 0 atom stereocenters. The van der Waals surface area contributed by atoms with Crippen LogP contribution in [0.4, 0.5) is 0 Å². The van der Waals surface area contributed by atoms with E-state index in [4.69, 9.17) is 5.26 Å². The largest absolute Gasteiger partial charge is 0.198 e. The molecule has 0 unspecified atom stereocenters. The minimum Gasteiger partial charge on any atom is -0.198 e. The summed E-state index contributed by atoms with van der Waals surface area (Å²) in [5.74, 6) is 4.10. The zero-order chi connectivity index (χ0) is 14.2. The van der Waals surface area contributed by atoms with Gasteiger partial charge in [0.25, 0.3) is 0 Å². The van der Waals surface area contributed by atoms with Crippen LogP contribution in [-0.2, 0) is 0 Å². The highest BCUT2D eigenvalue weighted by Gasteiger charge is 2.30. The summed E-state index contributed by atoms with van der Waals surface area (Å²) in [5, 5.41) is 8.62. The van der Waals surface area contributed by atoms with Crippen molar-refractivity contribution in [2.75, 3.05) is 0 Å². The van der Waals surface area contributed by atoms with Gasteiger partial charge in [0.2, 0.25) is 0 Å². The molecular weight excluding hydrogens is 242 g/mol.